The van der Waals surface area contributed by atoms with Gasteiger partial charge in [-0.2, -0.15) is 5.10 Å². The average Bonchev–Trinajstić information content (AvgIpc) is 3.07. The van der Waals surface area contributed by atoms with E-state index in [2.05, 4.69) is 25.9 Å². The van der Waals surface area contributed by atoms with Crippen molar-refractivity contribution < 1.29 is 4.79 Å². The molecule has 1 aromatic heterocycles. The summed E-state index contributed by atoms with van der Waals surface area (Å²) in [5.41, 5.74) is 2.23. The third-order valence-electron chi connectivity index (χ3n) is 5.31. The molecule has 4 rings (SSSR count). The average molecular weight is 522 g/mol. The number of nitrogens with one attached hydrogen (secondary N) is 3. The number of anilines is 3. The molecule has 2 heterocycles. The van der Waals surface area contributed by atoms with Gasteiger partial charge in [0, 0.05) is 41.1 Å². The fraction of sp³-hybridized carbons (Fsp3) is 0.261. The van der Waals surface area contributed by atoms with Crippen LogP contribution in [0, 0.1) is 0 Å². The molecule has 8 nitrogen and oxygen atoms in total. The van der Waals surface area contributed by atoms with Crippen molar-refractivity contribution in [2.24, 2.45) is 0 Å². The van der Waals surface area contributed by atoms with Crippen molar-refractivity contribution in [1.29, 1.82) is 0 Å². The molecule has 0 saturated carbocycles. The smallest absolute Gasteiger partial charge is 0.323 e. The van der Waals surface area contributed by atoms with Gasteiger partial charge in [0.05, 0.1) is 18.4 Å². The van der Waals surface area contributed by atoms with Gasteiger partial charge in [0.25, 0.3) is 5.56 Å². The zero-order valence-electron chi connectivity index (χ0n) is 18.2. The maximum atomic E-state index is 12.8. The Morgan fingerprint density at radius 3 is 2.41 bits per heavy atom. The number of carbonyl (C=O) groups is 1. The van der Waals surface area contributed by atoms with Crippen LogP contribution in [0.3, 0.4) is 0 Å². The van der Waals surface area contributed by atoms with Crippen LogP contribution in [0.4, 0.5) is 21.9 Å². The van der Waals surface area contributed by atoms with E-state index in [0.29, 0.717) is 27.1 Å². The molecule has 2 amide bonds. The van der Waals surface area contributed by atoms with Gasteiger partial charge in [0.1, 0.15) is 5.02 Å². The van der Waals surface area contributed by atoms with Crippen LogP contribution in [0.15, 0.2) is 53.5 Å². The summed E-state index contributed by atoms with van der Waals surface area (Å²) in [5.74, 6) is 0. The number of urea groups is 1. The van der Waals surface area contributed by atoms with Crippen LogP contribution in [0.25, 0.3) is 0 Å². The summed E-state index contributed by atoms with van der Waals surface area (Å²) in [6, 6.07) is 11.4. The van der Waals surface area contributed by atoms with Gasteiger partial charge in [-0.05, 0) is 48.9 Å². The SMILES string of the molecule is O=C(Nc1ccc(Cn2ncc(N3CCCNCC3)c(Cl)c2=O)cc1)Nc1cc(Cl)cc(Cl)c1. The van der Waals surface area contributed by atoms with Gasteiger partial charge < -0.3 is 20.9 Å². The van der Waals surface area contributed by atoms with Crippen LogP contribution in [0.2, 0.25) is 15.1 Å². The molecule has 11 heteroatoms. The van der Waals surface area contributed by atoms with Crippen LogP contribution < -0.4 is 26.4 Å². The molecule has 178 valence electrons. The van der Waals surface area contributed by atoms with Crippen molar-refractivity contribution in [3.05, 3.63) is 79.6 Å². The highest BCUT2D eigenvalue weighted by molar-refractivity contribution is 6.35. The highest BCUT2D eigenvalue weighted by Gasteiger charge is 2.17. The predicted molar refractivity (Wildman–Crippen MR) is 138 cm³/mol. The quantitative estimate of drug-likeness (QED) is 0.453. The molecule has 3 aromatic rings. The molecule has 0 bridgehead atoms. The lowest BCUT2D eigenvalue weighted by Crippen LogP contribution is -2.32. The summed E-state index contributed by atoms with van der Waals surface area (Å²) in [6.45, 7) is 3.64. The molecule has 3 N–H and O–H groups in total. The van der Waals surface area contributed by atoms with Crippen LogP contribution >= 0.6 is 34.8 Å². The normalized spacial score (nSPS) is 13.9. The van der Waals surface area contributed by atoms with Gasteiger partial charge >= 0.3 is 6.03 Å². The molecule has 0 aliphatic carbocycles. The van der Waals surface area contributed by atoms with E-state index in [1.165, 1.54) is 4.68 Å². The lowest BCUT2D eigenvalue weighted by molar-refractivity contribution is 0.262. The zero-order chi connectivity index (χ0) is 24.1. The minimum absolute atomic E-state index is 0.174. The van der Waals surface area contributed by atoms with Gasteiger partial charge in [-0.1, -0.05) is 46.9 Å². The van der Waals surface area contributed by atoms with E-state index in [9.17, 15) is 9.59 Å². The van der Waals surface area contributed by atoms with E-state index in [4.69, 9.17) is 34.8 Å². The molecule has 0 spiro atoms. The summed E-state index contributed by atoms with van der Waals surface area (Å²) >= 11 is 18.3. The minimum Gasteiger partial charge on any atom is -0.368 e. The van der Waals surface area contributed by atoms with Crippen molar-refractivity contribution in [3.63, 3.8) is 0 Å². The number of nitrogens with zero attached hydrogens (tertiary/aromatic N) is 3. The van der Waals surface area contributed by atoms with E-state index in [-0.39, 0.29) is 17.1 Å². The van der Waals surface area contributed by atoms with E-state index in [1.807, 2.05) is 12.1 Å². The fourth-order valence-corrected chi connectivity index (χ4v) is 4.45. The summed E-state index contributed by atoms with van der Waals surface area (Å²) in [7, 11) is 0. The largest absolute Gasteiger partial charge is 0.368 e. The molecule has 0 atom stereocenters. The van der Waals surface area contributed by atoms with E-state index >= 15 is 0 Å². The maximum Gasteiger partial charge on any atom is 0.323 e. The van der Waals surface area contributed by atoms with E-state index < -0.39 is 6.03 Å². The minimum atomic E-state index is -0.435. The van der Waals surface area contributed by atoms with Gasteiger partial charge in [-0.15, -0.1) is 0 Å². The second kappa shape index (κ2) is 11.1. The van der Waals surface area contributed by atoms with Crippen molar-refractivity contribution in [3.8, 4) is 0 Å². The van der Waals surface area contributed by atoms with Crippen molar-refractivity contribution in [2.45, 2.75) is 13.0 Å². The van der Waals surface area contributed by atoms with Gasteiger partial charge in [0.15, 0.2) is 0 Å². The molecule has 1 fully saturated rings. The molecule has 34 heavy (non-hydrogen) atoms. The Bertz CT molecular complexity index is 1200. The standard InChI is InChI=1S/C23H23Cl3N6O2/c24-16-10-17(25)12-19(11-16)30-23(34)29-18-4-2-15(3-5-18)14-32-22(33)21(26)20(13-28-32)31-8-1-6-27-7-9-31/h2-5,10-13,27H,1,6-9,14H2,(H2,29,30,34). The predicted octanol–water partition coefficient (Wildman–Crippen LogP) is 4.70. The number of carbonyl (C=O) groups excluding carboxylic acids is 1. The number of aromatic nitrogens is 2. The van der Waals surface area contributed by atoms with Crippen LogP contribution in [-0.2, 0) is 6.54 Å². The third-order valence-corrected chi connectivity index (χ3v) is 6.10. The van der Waals surface area contributed by atoms with Crippen LogP contribution in [0.1, 0.15) is 12.0 Å². The van der Waals surface area contributed by atoms with Gasteiger partial charge in [-0.25, -0.2) is 9.48 Å². The zero-order valence-corrected chi connectivity index (χ0v) is 20.4. The second-order valence-corrected chi connectivity index (χ2v) is 9.08. The molecule has 0 unspecified atom stereocenters. The Balaban J connectivity index is 1.40. The first-order valence-corrected chi connectivity index (χ1v) is 11.9. The fourth-order valence-electron chi connectivity index (χ4n) is 3.66. The number of rotatable bonds is 5. The molecule has 1 saturated heterocycles. The lowest BCUT2D eigenvalue weighted by atomic mass is 10.2. The summed E-state index contributed by atoms with van der Waals surface area (Å²) < 4.78 is 1.33. The first-order chi connectivity index (χ1) is 16.4. The lowest BCUT2D eigenvalue weighted by Gasteiger charge is -2.23. The van der Waals surface area contributed by atoms with E-state index in [0.717, 1.165) is 38.2 Å². The second-order valence-electron chi connectivity index (χ2n) is 7.83. The monoisotopic (exact) mass is 520 g/mol. The molecular weight excluding hydrogens is 499 g/mol. The van der Waals surface area contributed by atoms with Crippen LogP contribution in [-0.4, -0.2) is 42.0 Å². The Kier molecular flexibility index (Phi) is 7.95. The Hall–Kier alpha value is -2.78. The molecule has 0 radical (unpaired) electrons. The summed E-state index contributed by atoms with van der Waals surface area (Å²) in [5, 5.41) is 14.1. The Labute approximate surface area is 211 Å². The van der Waals surface area contributed by atoms with Crippen LogP contribution in [0.5, 0.6) is 0 Å². The molecule has 1 aliphatic heterocycles. The summed E-state index contributed by atoms with van der Waals surface area (Å²) in [6.07, 6.45) is 2.63. The molecule has 2 aromatic carbocycles. The molecule has 1 aliphatic rings. The number of hydrogen-bond acceptors (Lipinski definition) is 5. The Morgan fingerprint density at radius 2 is 1.68 bits per heavy atom. The maximum absolute atomic E-state index is 12.8. The van der Waals surface area contributed by atoms with Gasteiger partial charge in [0.2, 0.25) is 0 Å². The third kappa shape index (κ3) is 6.21. The number of halogens is 3. The highest BCUT2D eigenvalue weighted by atomic mass is 35.5. The first-order valence-electron chi connectivity index (χ1n) is 10.7. The number of hydrogen-bond donors (Lipinski definition) is 3. The topological polar surface area (TPSA) is 91.3 Å². The Morgan fingerprint density at radius 1 is 0.971 bits per heavy atom. The van der Waals surface area contributed by atoms with E-state index in [1.54, 1.807) is 36.5 Å². The highest BCUT2D eigenvalue weighted by Crippen LogP contribution is 2.23. The first kappa shape index (κ1) is 24.3. The van der Waals surface area contributed by atoms with Gasteiger partial charge in [-0.3, -0.25) is 4.79 Å². The molecular formula is C23H23Cl3N6O2. The summed E-state index contributed by atoms with van der Waals surface area (Å²) in [4.78, 5) is 27.1. The van der Waals surface area contributed by atoms with Crippen molar-refractivity contribution in [1.82, 2.24) is 15.1 Å². The number of benzene rings is 2. The number of amides is 2. The van der Waals surface area contributed by atoms with Crippen molar-refractivity contribution in [2.75, 3.05) is 41.7 Å². The van der Waals surface area contributed by atoms with Crippen molar-refractivity contribution >= 4 is 57.9 Å².